The molecule has 0 unspecified atom stereocenters. The number of ether oxygens (including phenoxy) is 1. The second-order valence-corrected chi connectivity index (χ2v) is 6.29. The van der Waals surface area contributed by atoms with E-state index in [4.69, 9.17) is 4.74 Å². The molecule has 0 spiro atoms. The molecule has 3 rings (SSSR count). The Bertz CT molecular complexity index is 786. The molecule has 0 aliphatic carbocycles. The van der Waals surface area contributed by atoms with E-state index in [-0.39, 0.29) is 11.9 Å². The molecule has 1 aromatic carbocycles. The quantitative estimate of drug-likeness (QED) is 0.867. The van der Waals surface area contributed by atoms with Crippen LogP contribution in [0.4, 0.5) is 4.79 Å². The van der Waals surface area contributed by atoms with Crippen LogP contribution in [0.15, 0.2) is 30.5 Å². The van der Waals surface area contributed by atoms with Gasteiger partial charge in [-0.25, -0.2) is 4.79 Å². The molecule has 0 saturated carbocycles. The van der Waals surface area contributed by atoms with Crippen molar-refractivity contribution < 1.29 is 14.3 Å². The minimum atomic E-state index is -0.459. The summed E-state index contributed by atoms with van der Waals surface area (Å²) < 4.78 is 5.17. The molecular weight excluding hydrogens is 334 g/mol. The summed E-state index contributed by atoms with van der Waals surface area (Å²) in [7, 11) is 3.37. The summed E-state index contributed by atoms with van der Waals surface area (Å²) in [5.74, 6) is 0.727. The number of hydrogen-bond donors (Lipinski definition) is 2. The first kappa shape index (κ1) is 17.8. The standard InChI is InChI=1S/C18H23N5O3/c1-12-17(24)22(2)8-9-23(12)18(25)19-10-14-11-20-21-16(14)13-4-6-15(26-3)7-5-13/h4-7,11-12H,8-10H2,1-3H3,(H,19,25)(H,20,21)/t12-/m1/s1. The molecule has 1 aromatic heterocycles. The molecule has 3 amide bonds. The Morgan fingerprint density at radius 2 is 2.08 bits per heavy atom. The van der Waals surface area contributed by atoms with E-state index >= 15 is 0 Å². The van der Waals surface area contributed by atoms with E-state index in [1.807, 2.05) is 24.3 Å². The molecule has 1 aliphatic heterocycles. The predicted octanol–water partition coefficient (Wildman–Crippen LogP) is 1.46. The summed E-state index contributed by atoms with van der Waals surface area (Å²) in [6.07, 6.45) is 1.69. The zero-order valence-corrected chi connectivity index (χ0v) is 15.2. The van der Waals surface area contributed by atoms with Gasteiger partial charge in [-0.15, -0.1) is 0 Å². The van der Waals surface area contributed by atoms with Gasteiger partial charge in [-0.2, -0.15) is 5.10 Å². The van der Waals surface area contributed by atoms with Crippen LogP contribution in [0.25, 0.3) is 11.3 Å². The van der Waals surface area contributed by atoms with E-state index in [1.165, 1.54) is 0 Å². The van der Waals surface area contributed by atoms with Crippen LogP contribution in [0.3, 0.4) is 0 Å². The highest BCUT2D eigenvalue weighted by molar-refractivity contribution is 5.87. The van der Waals surface area contributed by atoms with Crippen LogP contribution >= 0.6 is 0 Å². The second-order valence-electron chi connectivity index (χ2n) is 6.29. The first-order valence-corrected chi connectivity index (χ1v) is 8.47. The number of methoxy groups -OCH3 is 1. The van der Waals surface area contributed by atoms with Crippen molar-refractivity contribution >= 4 is 11.9 Å². The van der Waals surface area contributed by atoms with Crippen LogP contribution in [0.1, 0.15) is 12.5 Å². The number of carbonyl (C=O) groups excluding carboxylic acids is 2. The fourth-order valence-electron chi connectivity index (χ4n) is 3.02. The average molecular weight is 357 g/mol. The number of amides is 3. The Kier molecular flexibility index (Phi) is 5.11. The predicted molar refractivity (Wildman–Crippen MR) is 96.6 cm³/mol. The van der Waals surface area contributed by atoms with Gasteiger partial charge in [-0.1, -0.05) is 0 Å². The number of benzene rings is 1. The Labute approximate surface area is 152 Å². The third-order valence-corrected chi connectivity index (χ3v) is 4.66. The van der Waals surface area contributed by atoms with Gasteiger partial charge >= 0.3 is 6.03 Å². The first-order chi connectivity index (χ1) is 12.5. The molecule has 138 valence electrons. The lowest BCUT2D eigenvalue weighted by Gasteiger charge is -2.37. The molecule has 1 atom stereocenters. The van der Waals surface area contributed by atoms with E-state index in [9.17, 15) is 9.59 Å². The minimum Gasteiger partial charge on any atom is -0.497 e. The summed E-state index contributed by atoms with van der Waals surface area (Å²) in [5, 5.41) is 9.94. The van der Waals surface area contributed by atoms with Crippen molar-refractivity contribution in [1.29, 1.82) is 0 Å². The molecule has 26 heavy (non-hydrogen) atoms. The van der Waals surface area contributed by atoms with Crippen LogP contribution < -0.4 is 10.1 Å². The van der Waals surface area contributed by atoms with Gasteiger partial charge in [-0.3, -0.25) is 9.89 Å². The molecule has 8 heteroatoms. The molecule has 2 heterocycles. The summed E-state index contributed by atoms with van der Waals surface area (Å²) in [5.41, 5.74) is 2.67. The molecule has 0 radical (unpaired) electrons. The Balaban J connectivity index is 1.66. The maximum atomic E-state index is 12.5. The third-order valence-electron chi connectivity index (χ3n) is 4.66. The van der Waals surface area contributed by atoms with E-state index in [0.717, 1.165) is 22.6 Å². The van der Waals surface area contributed by atoms with Crippen LogP contribution in [-0.4, -0.2) is 65.2 Å². The second kappa shape index (κ2) is 7.47. The number of aromatic amines is 1. The monoisotopic (exact) mass is 357 g/mol. The normalized spacial score (nSPS) is 17.3. The number of carbonyl (C=O) groups is 2. The van der Waals surface area contributed by atoms with Gasteiger partial charge in [0.15, 0.2) is 0 Å². The van der Waals surface area contributed by atoms with Crippen LogP contribution in [0, 0.1) is 0 Å². The van der Waals surface area contributed by atoms with Gasteiger partial charge in [0.1, 0.15) is 11.8 Å². The highest BCUT2D eigenvalue weighted by atomic mass is 16.5. The number of hydrogen-bond acceptors (Lipinski definition) is 4. The molecule has 0 bridgehead atoms. The number of aromatic nitrogens is 2. The van der Waals surface area contributed by atoms with Crippen molar-refractivity contribution in [3.05, 3.63) is 36.0 Å². The molecular formula is C18H23N5O3. The smallest absolute Gasteiger partial charge is 0.318 e. The number of nitrogens with zero attached hydrogens (tertiary/aromatic N) is 3. The van der Waals surface area contributed by atoms with Gasteiger partial charge in [0.25, 0.3) is 0 Å². The lowest BCUT2D eigenvalue weighted by Crippen LogP contribution is -2.58. The number of likely N-dealkylation sites (N-methyl/N-ethyl adjacent to an activating group) is 1. The first-order valence-electron chi connectivity index (χ1n) is 8.47. The third kappa shape index (κ3) is 3.49. The van der Waals surface area contributed by atoms with Crippen LogP contribution in [-0.2, 0) is 11.3 Å². The maximum absolute atomic E-state index is 12.5. The number of nitrogens with one attached hydrogen (secondary N) is 2. The van der Waals surface area contributed by atoms with E-state index in [0.29, 0.717) is 19.6 Å². The fraction of sp³-hybridized carbons (Fsp3) is 0.389. The number of urea groups is 1. The molecule has 1 aliphatic rings. The van der Waals surface area contributed by atoms with Crippen molar-refractivity contribution in [1.82, 2.24) is 25.3 Å². The van der Waals surface area contributed by atoms with Crippen molar-refractivity contribution in [3.63, 3.8) is 0 Å². The molecule has 2 N–H and O–H groups in total. The maximum Gasteiger partial charge on any atom is 0.318 e. The van der Waals surface area contributed by atoms with Crippen molar-refractivity contribution in [2.75, 3.05) is 27.2 Å². The number of piperazine rings is 1. The highest BCUT2D eigenvalue weighted by Crippen LogP contribution is 2.23. The Morgan fingerprint density at radius 1 is 1.35 bits per heavy atom. The van der Waals surface area contributed by atoms with E-state index < -0.39 is 6.04 Å². The SMILES string of the molecule is COc1ccc(-c2[nH]ncc2CNC(=O)N2CCN(C)C(=O)[C@H]2C)cc1. The topological polar surface area (TPSA) is 90.6 Å². The molecule has 1 saturated heterocycles. The average Bonchev–Trinajstić information content (AvgIpc) is 3.13. The molecule has 2 aromatic rings. The Hall–Kier alpha value is -3.03. The zero-order valence-electron chi connectivity index (χ0n) is 15.2. The zero-order chi connectivity index (χ0) is 18.7. The largest absolute Gasteiger partial charge is 0.497 e. The summed E-state index contributed by atoms with van der Waals surface area (Å²) in [4.78, 5) is 27.7. The van der Waals surface area contributed by atoms with Gasteiger partial charge in [0.05, 0.1) is 19.0 Å². The summed E-state index contributed by atoms with van der Waals surface area (Å²) >= 11 is 0. The lowest BCUT2D eigenvalue weighted by atomic mass is 10.1. The number of H-pyrrole nitrogens is 1. The van der Waals surface area contributed by atoms with Gasteiger partial charge in [0.2, 0.25) is 5.91 Å². The summed E-state index contributed by atoms with van der Waals surface area (Å²) in [6.45, 7) is 3.13. The molecule has 8 nitrogen and oxygen atoms in total. The highest BCUT2D eigenvalue weighted by Gasteiger charge is 2.32. The van der Waals surface area contributed by atoms with E-state index in [2.05, 4.69) is 15.5 Å². The number of rotatable bonds is 4. The lowest BCUT2D eigenvalue weighted by molar-refractivity contribution is -0.137. The van der Waals surface area contributed by atoms with Gasteiger partial charge in [0, 0.05) is 37.8 Å². The Morgan fingerprint density at radius 3 is 2.77 bits per heavy atom. The van der Waals surface area contributed by atoms with E-state index in [1.54, 1.807) is 37.1 Å². The van der Waals surface area contributed by atoms with Crippen LogP contribution in [0.5, 0.6) is 5.75 Å². The minimum absolute atomic E-state index is 0.0476. The molecule has 1 fully saturated rings. The van der Waals surface area contributed by atoms with Crippen molar-refractivity contribution in [2.24, 2.45) is 0 Å². The van der Waals surface area contributed by atoms with Crippen molar-refractivity contribution in [3.8, 4) is 17.0 Å². The van der Waals surface area contributed by atoms with Crippen molar-refractivity contribution in [2.45, 2.75) is 19.5 Å². The van der Waals surface area contributed by atoms with Gasteiger partial charge in [-0.05, 0) is 31.2 Å². The van der Waals surface area contributed by atoms with Crippen LogP contribution in [0.2, 0.25) is 0 Å². The van der Waals surface area contributed by atoms with Gasteiger partial charge < -0.3 is 19.9 Å². The fourth-order valence-corrected chi connectivity index (χ4v) is 3.02. The summed E-state index contributed by atoms with van der Waals surface area (Å²) in [6, 6.07) is 6.89.